The summed E-state index contributed by atoms with van der Waals surface area (Å²) in [6.07, 6.45) is -0.190. The number of carbonyl (C=O) groups is 4. The Labute approximate surface area is 246 Å². The summed E-state index contributed by atoms with van der Waals surface area (Å²) in [6, 6.07) is -1.07. The van der Waals surface area contributed by atoms with Crippen LogP contribution in [0.1, 0.15) is 51.0 Å². The van der Waals surface area contributed by atoms with E-state index in [1.54, 1.807) is 27.7 Å². The molecule has 0 N–H and O–H groups in total. The molecule has 0 bridgehead atoms. The van der Waals surface area contributed by atoms with E-state index in [9.17, 15) is 19.2 Å². The molecule has 6 amide bonds. The maximum Gasteiger partial charge on any atom is 0.350 e. The summed E-state index contributed by atoms with van der Waals surface area (Å²) < 4.78 is 13.2. The average Bonchev–Trinajstić information content (AvgIpc) is 3.81. The van der Waals surface area contributed by atoms with Crippen LogP contribution in [0.4, 0.5) is 9.59 Å². The van der Waals surface area contributed by atoms with Crippen LogP contribution in [0, 0.1) is 0 Å². The molecule has 0 aromatic heterocycles. The van der Waals surface area contributed by atoms with Gasteiger partial charge in [0, 0.05) is 43.8 Å². The lowest BCUT2D eigenvalue weighted by atomic mass is 10.1. The number of hydrogen-bond acceptors (Lipinski definition) is 10. The van der Waals surface area contributed by atoms with Crippen LogP contribution in [0.15, 0.2) is 49.2 Å². The topological polar surface area (TPSA) is 125 Å². The molecule has 0 spiro atoms. The van der Waals surface area contributed by atoms with Crippen molar-refractivity contribution in [1.82, 2.24) is 9.80 Å². The third kappa shape index (κ3) is 3.98. The van der Waals surface area contributed by atoms with Crippen molar-refractivity contribution in [1.29, 1.82) is 0 Å². The zero-order valence-electron chi connectivity index (χ0n) is 21.9. The molecule has 0 radical (unpaired) electrons. The standard InChI is InChI=1S/C26H22N4O6S4/c1-5-29-21(31)13(9(3)27-25(29)33)23-37-17-15(11-7-35-11)19-20(16(12-8-36-12)18(17)38-23)40-24(39-19)14-10(4)28-26(34)30(6-2)22(14)32/h11-12H,5-8H2,1-4H3. The van der Waals surface area contributed by atoms with Crippen molar-refractivity contribution in [2.75, 3.05) is 26.3 Å². The summed E-state index contributed by atoms with van der Waals surface area (Å²) >= 11 is 6.05. The van der Waals surface area contributed by atoms with Gasteiger partial charge in [0.25, 0.3) is 11.8 Å². The highest BCUT2D eigenvalue weighted by Crippen LogP contribution is 2.67. The molecule has 0 saturated carbocycles. The van der Waals surface area contributed by atoms with E-state index < -0.39 is 12.1 Å². The van der Waals surface area contributed by atoms with E-state index in [0.29, 0.717) is 35.8 Å². The number of thioether (sulfide) groups is 4. The number of rotatable bonds is 4. The fourth-order valence-electron chi connectivity index (χ4n) is 5.03. The van der Waals surface area contributed by atoms with E-state index in [-0.39, 0.29) is 37.1 Å². The molecule has 6 heterocycles. The minimum absolute atomic E-state index is 0.0948. The van der Waals surface area contributed by atoms with Gasteiger partial charge in [-0.15, -0.1) is 0 Å². The average molecular weight is 615 g/mol. The van der Waals surface area contributed by atoms with Crippen LogP contribution in [0.2, 0.25) is 0 Å². The second-order valence-electron chi connectivity index (χ2n) is 9.58. The molecule has 14 heteroatoms. The van der Waals surface area contributed by atoms with Gasteiger partial charge in [-0.25, -0.2) is 9.59 Å². The van der Waals surface area contributed by atoms with Gasteiger partial charge in [0.1, 0.15) is 12.2 Å². The number of ether oxygens (including phenoxy) is 2. The number of aliphatic imine (C=N–C) groups is 2. The summed E-state index contributed by atoms with van der Waals surface area (Å²) in [5.74, 6) is -0.666. The molecule has 1 aromatic carbocycles. The zero-order chi connectivity index (χ0) is 28.0. The van der Waals surface area contributed by atoms with Gasteiger partial charge in [-0.2, -0.15) is 9.98 Å². The monoisotopic (exact) mass is 614 g/mol. The third-order valence-corrected chi connectivity index (χ3v) is 12.5. The first-order valence-corrected chi connectivity index (χ1v) is 16.0. The number of hydrogen-bond donors (Lipinski definition) is 0. The zero-order valence-corrected chi connectivity index (χ0v) is 25.1. The highest BCUT2D eigenvalue weighted by Gasteiger charge is 2.47. The van der Waals surface area contributed by atoms with Crippen LogP contribution < -0.4 is 0 Å². The van der Waals surface area contributed by atoms with Crippen molar-refractivity contribution in [3.05, 3.63) is 30.7 Å². The van der Waals surface area contributed by atoms with E-state index in [1.807, 2.05) is 0 Å². The highest BCUT2D eigenvalue weighted by atomic mass is 32.2. The first-order valence-electron chi connectivity index (χ1n) is 12.7. The van der Waals surface area contributed by atoms with Crippen molar-refractivity contribution < 1.29 is 28.7 Å². The van der Waals surface area contributed by atoms with Gasteiger partial charge < -0.3 is 9.47 Å². The van der Waals surface area contributed by atoms with Crippen LogP contribution in [0.5, 0.6) is 0 Å². The van der Waals surface area contributed by atoms with Gasteiger partial charge in [-0.05, 0) is 27.7 Å². The largest absolute Gasteiger partial charge is 0.368 e. The summed E-state index contributed by atoms with van der Waals surface area (Å²) in [5.41, 5.74) is 3.81. The molecular weight excluding hydrogens is 593 g/mol. The summed E-state index contributed by atoms with van der Waals surface area (Å²) in [4.78, 5) is 66.0. The second kappa shape index (κ2) is 9.60. The van der Waals surface area contributed by atoms with E-state index in [0.717, 1.165) is 49.0 Å². The number of imide groups is 2. The smallest absolute Gasteiger partial charge is 0.350 e. The minimum atomic E-state index is -0.536. The van der Waals surface area contributed by atoms with Crippen molar-refractivity contribution >= 4 is 82.3 Å². The molecule has 2 fully saturated rings. The van der Waals surface area contributed by atoms with Crippen molar-refractivity contribution in [2.24, 2.45) is 9.98 Å². The normalized spacial score (nSPS) is 25.6. The van der Waals surface area contributed by atoms with Crippen molar-refractivity contribution in [2.45, 2.75) is 59.5 Å². The number of likely N-dealkylation sites (N-methyl/N-ethyl adjacent to an activating group) is 2. The second-order valence-corrected chi connectivity index (χ2v) is 14.2. The molecule has 0 aliphatic carbocycles. The molecule has 2 unspecified atom stereocenters. The van der Waals surface area contributed by atoms with Crippen LogP contribution >= 0.6 is 47.0 Å². The molecule has 40 heavy (non-hydrogen) atoms. The molecule has 1 aromatic rings. The molecule has 6 aliphatic rings. The van der Waals surface area contributed by atoms with E-state index in [1.165, 1.54) is 47.0 Å². The first-order chi connectivity index (χ1) is 19.2. The van der Waals surface area contributed by atoms with Gasteiger partial charge >= 0.3 is 12.1 Å². The lowest BCUT2D eigenvalue weighted by Crippen LogP contribution is -2.41. The number of carbonyl (C=O) groups excluding carboxylic acids is 4. The summed E-state index contributed by atoms with van der Waals surface area (Å²) in [6.45, 7) is 8.58. The van der Waals surface area contributed by atoms with Gasteiger partial charge in [0.2, 0.25) is 0 Å². The number of amides is 6. The molecule has 10 nitrogen and oxygen atoms in total. The quantitative estimate of drug-likeness (QED) is 0.316. The lowest BCUT2D eigenvalue weighted by Gasteiger charge is -2.23. The number of benzene rings is 1. The van der Waals surface area contributed by atoms with Crippen LogP contribution in [-0.2, 0) is 19.1 Å². The number of epoxide rings is 2. The predicted molar refractivity (Wildman–Crippen MR) is 153 cm³/mol. The Balaban J connectivity index is 1.38. The predicted octanol–water partition coefficient (Wildman–Crippen LogP) is 5.53. The Bertz CT molecular complexity index is 1450. The molecule has 2 saturated heterocycles. The Kier molecular flexibility index (Phi) is 6.37. The van der Waals surface area contributed by atoms with Crippen LogP contribution in [0.3, 0.4) is 0 Å². The Morgan fingerprint density at radius 3 is 1.27 bits per heavy atom. The lowest BCUT2D eigenvalue weighted by molar-refractivity contribution is -0.124. The van der Waals surface area contributed by atoms with Crippen LogP contribution in [0.25, 0.3) is 0 Å². The van der Waals surface area contributed by atoms with Crippen molar-refractivity contribution in [3.63, 3.8) is 0 Å². The van der Waals surface area contributed by atoms with E-state index in [2.05, 4.69) is 9.98 Å². The Morgan fingerprint density at radius 2 is 1.00 bits per heavy atom. The minimum Gasteiger partial charge on any atom is -0.368 e. The maximum atomic E-state index is 13.3. The first kappa shape index (κ1) is 26.5. The van der Waals surface area contributed by atoms with Gasteiger partial charge in [-0.3, -0.25) is 19.4 Å². The van der Waals surface area contributed by atoms with Gasteiger partial charge in [0.15, 0.2) is 0 Å². The fraction of sp³-hybridized carbons (Fsp3) is 0.385. The number of fused-ring (bicyclic) bond motifs is 2. The SMILES string of the molecule is CCN1C(=O)N=C(C)C(=C2Sc3c(c(C4CO4)c4c(c3C3CO3)SC(=C3C(=O)N(CC)C(=O)N=C3C)S4)S2)C1=O. The number of nitrogens with zero attached hydrogens (tertiary/aromatic N) is 4. The highest BCUT2D eigenvalue weighted by molar-refractivity contribution is 8.25. The summed E-state index contributed by atoms with van der Waals surface area (Å²) in [7, 11) is 0. The molecule has 206 valence electrons. The Morgan fingerprint density at radius 1 is 0.675 bits per heavy atom. The molecule has 6 aliphatic heterocycles. The third-order valence-electron chi connectivity index (χ3n) is 7.15. The number of urea groups is 2. The van der Waals surface area contributed by atoms with Gasteiger partial charge in [0.05, 0.1) is 44.3 Å². The fourth-order valence-corrected chi connectivity index (χ4v) is 11.3. The van der Waals surface area contributed by atoms with Crippen molar-refractivity contribution in [3.8, 4) is 0 Å². The summed E-state index contributed by atoms with van der Waals surface area (Å²) in [5, 5.41) is 0. The molecule has 2 atom stereocenters. The van der Waals surface area contributed by atoms with Gasteiger partial charge in [-0.1, -0.05) is 47.0 Å². The van der Waals surface area contributed by atoms with Crippen LogP contribution in [-0.4, -0.2) is 71.4 Å². The molecule has 7 rings (SSSR count). The van der Waals surface area contributed by atoms with E-state index >= 15 is 0 Å². The Hall–Kier alpha value is -2.36. The van der Waals surface area contributed by atoms with E-state index in [4.69, 9.17) is 9.47 Å². The maximum absolute atomic E-state index is 13.3. The molecular formula is C26H22N4O6S4.